The van der Waals surface area contributed by atoms with Gasteiger partial charge in [0.1, 0.15) is 35.9 Å². The highest BCUT2D eigenvalue weighted by molar-refractivity contribution is 5.98. The number of aliphatic hydroxyl groups is 6. The second-order valence-corrected chi connectivity index (χ2v) is 15.4. The second-order valence-electron chi connectivity index (χ2n) is 15.4. The molecule has 0 radical (unpaired) electrons. The predicted molar refractivity (Wildman–Crippen MR) is 220 cm³/mol. The van der Waals surface area contributed by atoms with Crippen molar-refractivity contribution < 1.29 is 60.3 Å². The van der Waals surface area contributed by atoms with E-state index in [-0.39, 0.29) is 53.6 Å². The largest absolute Gasteiger partial charge is 0.507 e. The van der Waals surface area contributed by atoms with E-state index in [1.807, 2.05) is 0 Å². The lowest BCUT2D eigenvalue weighted by Crippen LogP contribution is -2.38. The third-order valence-electron chi connectivity index (χ3n) is 10.2. The van der Waals surface area contributed by atoms with Crippen LogP contribution in [0, 0.1) is 20.8 Å². The van der Waals surface area contributed by atoms with Gasteiger partial charge in [-0.1, -0.05) is 18.2 Å². The van der Waals surface area contributed by atoms with Crippen LogP contribution in [-0.4, -0.2) is 156 Å². The summed E-state index contributed by atoms with van der Waals surface area (Å²) in [5.41, 5.74) is 3.44. The molecule has 18 nitrogen and oxygen atoms in total. The van der Waals surface area contributed by atoms with Gasteiger partial charge in [-0.25, -0.2) is 0 Å². The zero-order valence-electron chi connectivity index (χ0n) is 34.4. The van der Waals surface area contributed by atoms with Crippen molar-refractivity contribution in [3.05, 3.63) is 86.5 Å². The summed E-state index contributed by atoms with van der Waals surface area (Å²) in [6.07, 6.45) is -2.51. The van der Waals surface area contributed by atoms with E-state index in [1.54, 1.807) is 39.0 Å². The average molecular weight is 841 g/mol. The first-order chi connectivity index (χ1) is 28.5. The molecule has 18 heteroatoms. The Morgan fingerprint density at radius 3 is 0.933 bits per heavy atom. The van der Waals surface area contributed by atoms with Crippen LogP contribution in [0.2, 0.25) is 0 Å². The molecule has 60 heavy (non-hydrogen) atoms. The number of phenolic OH excluding ortho intramolecular Hbond substituents is 3. The number of rotatable bonds is 15. The molecule has 3 aromatic rings. The lowest BCUT2D eigenvalue weighted by Gasteiger charge is -2.31. The topological polar surface area (TPSA) is 279 Å². The van der Waals surface area contributed by atoms with Crippen LogP contribution in [0.1, 0.15) is 83.7 Å². The van der Waals surface area contributed by atoms with Crippen LogP contribution in [0.3, 0.4) is 0 Å². The van der Waals surface area contributed by atoms with Gasteiger partial charge in [-0.05, 0) is 114 Å². The lowest BCUT2D eigenvalue weighted by atomic mass is 10.0. The second kappa shape index (κ2) is 22.6. The minimum Gasteiger partial charge on any atom is -0.507 e. The Balaban J connectivity index is 1.64. The van der Waals surface area contributed by atoms with Gasteiger partial charge in [0, 0.05) is 36.3 Å². The molecule has 0 saturated carbocycles. The first kappa shape index (κ1) is 47.8. The molecule has 1 aliphatic rings. The average Bonchev–Trinajstić information content (AvgIpc) is 3.20. The van der Waals surface area contributed by atoms with E-state index in [4.69, 9.17) is 0 Å². The number of carbonyl (C=O) groups is 3. The minimum absolute atomic E-state index is 0.0435. The summed E-state index contributed by atoms with van der Waals surface area (Å²) in [6.45, 7) is 7.46. The maximum Gasteiger partial charge on any atom is 0.257 e. The minimum atomic E-state index is -1.50. The van der Waals surface area contributed by atoms with E-state index >= 15 is 0 Å². The Kier molecular flexibility index (Phi) is 18.0. The van der Waals surface area contributed by atoms with Gasteiger partial charge < -0.3 is 61.9 Å². The number of aliphatic hydroxyl groups excluding tert-OH is 6. The summed E-state index contributed by atoms with van der Waals surface area (Å²) in [5, 5.41) is 97.6. The summed E-state index contributed by atoms with van der Waals surface area (Å²) in [6, 6.07) is 9.85. The van der Waals surface area contributed by atoms with Crippen molar-refractivity contribution >= 4 is 17.7 Å². The van der Waals surface area contributed by atoms with E-state index in [9.17, 15) is 60.3 Å². The standard InChI is InChI=1S/C42H60N6O12/c1-25-13-28(37(55)31(16-25)40(58)43-34(52)22-49)19-46-7-4-9-47(20-29-14-26(2)17-32(38(29)56)41(59)44-35(53)23-50)11-6-12-48(10-5-8-46)21-30-15-27(3)18-33(39(30)57)42(60)45-36(54)24-51/h13-18,34-36,49-57H,4-12,19-24H2,1-3H3,(H,43,58)(H,44,59)(H,45,60). The molecule has 1 fully saturated rings. The fourth-order valence-electron chi connectivity index (χ4n) is 7.35. The van der Waals surface area contributed by atoms with Crippen LogP contribution in [0.25, 0.3) is 0 Å². The van der Waals surface area contributed by atoms with Gasteiger partial charge in [-0.15, -0.1) is 0 Å². The predicted octanol–water partition coefficient (Wildman–Crippen LogP) is -0.160. The van der Waals surface area contributed by atoms with Crippen LogP contribution in [0.4, 0.5) is 0 Å². The third-order valence-corrected chi connectivity index (χ3v) is 10.2. The van der Waals surface area contributed by atoms with Crippen LogP contribution < -0.4 is 16.0 Å². The molecule has 3 atom stereocenters. The number of aryl methyl sites for hydroxylation is 3. The first-order valence-corrected chi connectivity index (χ1v) is 20.0. The van der Waals surface area contributed by atoms with E-state index < -0.39 is 56.2 Å². The van der Waals surface area contributed by atoms with Gasteiger partial charge in [0.15, 0.2) is 0 Å². The summed E-state index contributed by atoms with van der Waals surface area (Å²) >= 11 is 0. The van der Waals surface area contributed by atoms with Crippen molar-refractivity contribution in [2.24, 2.45) is 0 Å². The zero-order valence-corrected chi connectivity index (χ0v) is 34.4. The highest BCUT2D eigenvalue weighted by atomic mass is 16.3. The molecule has 3 aromatic carbocycles. The number of amides is 3. The van der Waals surface area contributed by atoms with Crippen molar-refractivity contribution in [2.45, 2.75) is 78.4 Å². The number of hydrogen-bond donors (Lipinski definition) is 12. The Morgan fingerprint density at radius 1 is 0.483 bits per heavy atom. The van der Waals surface area contributed by atoms with Gasteiger partial charge >= 0.3 is 0 Å². The van der Waals surface area contributed by atoms with Gasteiger partial charge in [-0.3, -0.25) is 29.1 Å². The normalized spacial score (nSPS) is 16.6. The molecule has 1 aliphatic heterocycles. The van der Waals surface area contributed by atoms with Gasteiger partial charge in [0.25, 0.3) is 17.7 Å². The molecule has 0 aliphatic carbocycles. The van der Waals surface area contributed by atoms with Gasteiger partial charge in [0.05, 0.1) is 36.5 Å². The Bertz CT molecular complexity index is 1720. The van der Waals surface area contributed by atoms with Crippen molar-refractivity contribution in [1.82, 2.24) is 30.7 Å². The number of nitrogens with zero attached hydrogens (tertiary/aromatic N) is 3. The summed E-state index contributed by atoms with van der Waals surface area (Å²) in [4.78, 5) is 45.1. The maximum absolute atomic E-state index is 12.9. The van der Waals surface area contributed by atoms with Crippen LogP contribution in [0.15, 0.2) is 36.4 Å². The number of phenols is 3. The highest BCUT2D eigenvalue weighted by Gasteiger charge is 2.24. The van der Waals surface area contributed by atoms with Crippen molar-refractivity contribution in [3.8, 4) is 17.2 Å². The van der Waals surface area contributed by atoms with Crippen molar-refractivity contribution in [3.63, 3.8) is 0 Å². The van der Waals surface area contributed by atoms with Crippen molar-refractivity contribution in [1.29, 1.82) is 0 Å². The Labute approximate surface area is 349 Å². The molecule has 0 spiro atoms. The maximum atomic E-state index is 12.9. The lowest BCUT2D eigenvalue weighted by molar-refractivity contribution is 0.0540. The van der Waals surface area contributed by atoms with E-state index in [0.29, 0.717) is 91.9 Å². The molecule has 0 aromatic heterocycles. The molecule has 1 heterocycles. The number of carbonyl (C=O) groups excluding carboxylic acids is 3. The number of aromatic hydroxyl groups is 3. The number of benzene rings is 3. The molecule has 0 bridgehead atoms. The summed E-state index contributed by atoms with van der Waals surface area (Å²) < 4.78 is 0. The fraction of sp³-hybridized carbons (Fsp3) is 0.500. The number of hydrogen-bond acceptors (Lipinski definition) is 15. The van der Waals surface area contributed by atoms with E-state index in [2.05, 4.69) is 30.7 Å². The van der Waals surface area contributed by atoms with Crippen LogP contribution >= 0.6 is 0 Å². The molecular formula is C42H60N6O12. The molecule has 1 saturated heterocycles. The molecular weight excluding hydrogens is 780 g/mol. The third kappa shape index (κ3) is 13.6. The zero-order chi connectivity index (χ0) is 44.1. The SMILES string of the molecule is Cc1cc(CN2CCCN(Cc3cc(C)cc(C(=O)NC(O)CO)c3O)CCCN(Cc3cc(C)cc(C(=O)NC(O)CO)c3O)CCC2)c(O)c(C(=O)NC(O)CO)c1. The fourth-order valence-corrected chi connectivity index (χ4v) is 7.35. The molecule has 12 N–H and O–H groups in total. The van der Waals surface area contributed by atoms with E-state index in [0.717, 1.165) is 0 Å². The highest BCUT2D eigenvalue weighted by Crippen LogP contribution is 2.30. The monoisotopic (exact) mass is 840 g/mol. The first-order valence-electron chi connectivity index (χ1n) is 20.0. The van der Waals surface area contributed by atoms with Gasteiger partial charge in [-0.2, -0.15) is 0 Å². The Hall–Kier alpha value is -4.89. The van der Waals surface area contributed by atoms with Crippen molar-refractivity contribution in [2.75, 3.05) is 59.1 Å². The van der Waals surface area contributed by atoms with Gasteiger partial charge in [0.2, 0.25) is 0 Å². The molecule has 4 rings (SSSR count). The number of nitrogens with one attached hydrogen (secondary N) is 3. The molecule has 330 valence electrons. The smallest absolute Gasteiger partial charge is 0.257 e. The molecule has 3 amide bonds. The van der Waals surface area contributed by atoms with Crippen LogP contribution in [-0.2, 0) is 19.6 Å². The Morgan fingerprint density at radius 2 is 0.717 bits per heavy atom. The summed E-state index contributed by atoms with van der Waals surface area (Å²) in [7, 11) is 0. The quantitative estimate of drug-likeness (QED) is 0.0887. The van der Waals surface area contributed by atoms with E-state index in [1.165, 1.54) is 18.2 Å². The summed E-state index contributed by atoms with van der Waals surface area (Å²) in [5.74, 6) is -2.98. The van der Waals surface area contributed by atoms with Crippen LogP contribution in [0.5, 0.6) is 17.2 Å². The molecule has 3 unspecified atom stereocenters.